The van der Waals surface area contributed by atoms with E-state index in [1.807, 2.05) is 17.0 Å². The summed E-state index contributed by atoms with van der Waals surface area (Å²) in [5, 5.41) is 3.36. The van der Waals surface area contributed by atoms with Gasteiger partial charge >= 0.3 is 0 Å². The largest absolute Gasteiger partial charge is 0.335 e. The first-order valence-electron chi connectivity index (χ1n) is 7.26. The van der Waals surface area contributed by atoms with Crippen molar-refractivity contribution in [2.24, 2.45) is 0 Å². The van der Waals surface area contributed by atoms with Gasteiger partial charge in [-0.2, -0.15) is 0 Å². The molecular formula is C16H23BrN2O. The zero-order valence-corrected chi connectivity index (χ0v) is 14.0. The molecule has 1 aromatic carbocycles. The van der Waals surface area contributed by atoms with Crippen molar-refractivity contribution in [2.75, 3.05) is 13.1 Å². The molecule has 0 aliphatic carbocycles. The van der Waals surface area contributed by atoms with Crippen LogP contribution in [0.5, 0.6) is 0 Å². The van der Waals surface area contributed by atoms with Crippen LogP contribution in [0.15, 0.2) is 28.7 Å². The number of carbonyl (C=O) groups is 1. The Morgan fingerprint density at radius 2 is 1.85 bits per heavy atom. The summed E-state index contributed by atoms with van der Waals surface area (Å²) in [6.07, 6.45) is 0.580. The maximum absolute atomic E-state index is 12.6. The highest BCUT2D eigenvalue weighted by atomic mass is 79.9. The van der Waals surface area contributed by atoms with Crippen LogP contribution in [0.3, 0.4) is 0 Å². The van der Waals surface area contributed by atoms with Crippen molar-refractivity contribution in [3.05, 3.63) is 34.3 Å². The Bertz CT molecular complexity index is 450. The standard InChI is InChI=1S/C16H23BrN2O/c1-11(14-4-6-15(17)7-5-14)8-16(20)19-12(2)9-18-10-13(19)3/h4-7,11-13,18H,8-10H2,1-3H3. The summed E-state index contributed by atoms with van der Waals surface area (Å²) in [5.74, 6) is 0.520. The van der Waals surface area contributed by atoms with Gasteiger partial charge in [-0.15, -0.1) is 0 Å². The fourth-order valence-electron chi connectivity index (χ4n) is 2.90. The second-order valence-electron chi connectivity index (χ2n) is 5.81. The average Bonchev–Trinajstić information content (AvgIpc) is 2.39. The van der Waals surface area contributed by atoms with Crippen molar-refractivity contribution in [1.82, 2.24) is 10.2 Å². The zero-order valence-electron chi connectivity index (χ0n) is 12.4. The minimum atomic E-state index is 0.255. The van der Waals surface area contributed by atoms with E-state index in [9.17, 15) is 4.79 Å². The predicted octanol–water partition coefficient (Wildman–Crippen LogP) is 3.15. The van der Waals surface area contributed by atoms with Gasteiger partial charge in [-0.05, 0) is 37.5 Å². The molecule has 1 saturated heterocycles. The summed E-state index contributed by atoms with van der Waals surface area (Å²) < 4.78 is 1.07. The van der Waals surface area contributed by atoms with Crippen molar-refractivity contribution >= 4 is 21.8 Å². The molecule has 2 rings (SSSR count). The van der Waals surface area contributed by atoms with Crippen molar-refractivity contribution in [3.8, 4) is 0 Å². The van der Waals surface area contributed by atoms with Crippen molar-refractivity contribution < 1.29 is 4.79 Å². The van der Waals surface area contributed by atoms with Gasteiger partial charge in [0.2, 0.25) is 5.91 Å². The number of hydrogen-bond donors (Lipinski definition) is 1. The molecule has 3 atom stereocenters. The number of halogens is 1. The Kier molecular flexibility index (Phi) is 5.22. The molecule has 1 amide bonds. The molecule has 1 aromatic rings. The molecule has 3 unspecified atom stereocenters. The van der Waals surface area contributed by atoms with Crippen LogP contribution in [0, 0.1) is 0 Å². The fourth-order valence-corrected chi connectivity index (χ4v) is 3.16. The number of hydrogen-bond acceptors (Lipinski definition) is 2. The van der Waals surface area contributed by atoms with Gasteiger partial charge in [0.1, 0.15) is 0 Å². The van der Waals surface area contributed by atoms with Crippen LogP contribution >= 0.6 is 15.9 Å². The second kappa shape index (κ2) is 6.72. The SMILES string of the molecule is CC(CC(=O)N1C(C)CNCC1C)c1ccc(Br)cc1. The van der Waals surface area contributed by atoms with Gasteiger partial charge in [0, 0.05) is 36.1 Å². The van der Waals surface area contributed by atoms with Crippen LogP contribution in [0.4, 0.5) is 0 Å². The van der Waals surface area contributed by atoms with Crippen LogP contribution < -0.4 is 5.32 Å². The van der Waals surface area contributed by atoms with Gasteiger partial charge in [-0.3, -0.25) is 4.79 Å². The van der Waals surface area contributed by atoms with Crippen molar-refractivity contribution in [2.45, 2.75) is 45.2 Å². The predicted molar refractivity (Wildman–Crippen MR) is 85.8 cm³/mol. The van der Waals surface area contributed by atoms with E-state index in [-0.39, 0.29) is 23.9 Å². The Hall–Kier alpha value is -0.870. The molecule has 1 fully saturated rings. The highest BCUT2D eigenvalue weighted by Crippen LogP contribution is 2.23. The summed E-state index contributed by atoms with van der Waals surface area (Å²) in [5.41, 5.74) is 1.22. The first-order chi connectivity index (χ1) is 9.49. The van der Waals surface area contributed by atoms with Crippen LogP contribution in [0.25, 0.3) is 0 Å². The van der Waals surface area contributed by atoms with Gasteiger partial charge in [0.25, 0.3) is 0 Å². The topological polar surface area (TPSA) is 32.3 Å². The van der Waals surface area contributed by atoms with E-state index in [2.05, 4.69) is 54.2 Å². The summed E-state index contributed by atoms with van der Waals surface area (Å²) in [4.78, 5) is 14.6. The van der Waals surface area contributed by atoms with E-state index >= 15 is 0 Å². The molecule has 1 heterocycles. The lowest BCUT2D eigenvalue weighted by atomic mass is 9.96. The lowest BCUT2D eigenvalue weighted by molar-refractivity contribution is -0.136. The zero-order chi connectivity index (χ0) is 14.7. The molecule has 0 aromatic heterocycles. The monoisotopic (exact) mass is 338 g/mol. The normalized spacial score (nSPS) is 24.5. The number of amides is 1. The summed E-state index contributed by atoms with van der Waals surface area (Å²) in [6.45, 7) is 8.14. The molecule has 0 saturated carbocycles. The third kappa shape index (κ3) is 3.61. The van der Waals surface area contributed by atoms with E-state index in [0.717, 1.165) is 17.6 Å². The van der Waals surface area contributed by atoms with Crippen molar-refractivity contribution in [3.63, 3.8) is 0 Å². The number of nitrogens with zero attached hydrogens (tertiary/aromatic N) is 1. The molecule has 20 heavy (non-hydrogen) atoms. The Labute approximate surface area is 129 Å². The number of nitrogens with one attached hydrogen (secondary N) is 1. The fraction of sp³-hybridized carbons (Fsp3) is 0.562. The van der Waals surface area contributed by atoms with E-state index in [4.69, 9.17) is 0 Å². The van der Waals surface area contributed by atoms with Gasteiger partial charge < -0.3 is 10.2 Å². The number of piperazine rings is 1. The summed E-state index contributed by atoms with van der Waals surface area (Å²) >= 11 is 3.44. The first-order valence-corrected chi connectivity index (χ1v) is 8.05. The average molecular weight is 339 g/mol. The molecule has 0 radical (unpaired) electrons. The molecule has 110 valence electrons. The van der Waals surface area contributed by atoms with Crippen LogP contribution in [0.1, 0.15) is 38.7 Å². The van der Waals surface area contributed by atoms with Gasteiger partial charge in [-0.25, -0.2) is 0 Å². The summed E-state index contributed by atoms with van der Waals surface area (Å²) in [7, 11) is 0. The smallest absolute Gasteiger partial charge is 0.223 e. The lowest BCUT2D eigenvalue weighted by Gasteiger charge is -2.40. The molecule has 3 nitrogen and oxygen atoms in total. The Morgan fingerprint density at radius 1 is 1.30 bits per heavy atom. The minimum absolute atomic E-state index is 0.255. The van der Waals surface area contributed by atoms with Crippen LogP contribution in [-0.2, 0) is 4.79 Å². The van der Waals surface area contributed by atoms with E-state index in [1.54, 1.807) is 0 Å². The maximum Gasteiger partial charge on any atom is 0.223 e. The second-order valence-corrected chi connectivity index (χ2v) is 6.73. The number of rotatable bonds is 3. The maximum atomic E-state index is 12.6. The molecule has 4 heteroatoms. The lowest BCUT2D eigenvalue weighted by Crippen LogP contribution is -2.57. The third-order valence-electron chi connectivity index (χ3n) is 4.04. The molecule has 1 aliphatic rings. The molecular weight excluding hydrogens is 316 g/mol. The van der Waals surface area contributed by atoms with E-state index < -0.39 is 0 Å². The van der Waals surface area contributed by atoms with Gasteiger partial charge in [-0.1, -0.05) is 35.0 Å². The molecule has 1 N–H and O–H groups in total. The Morgan fingerprint density at radius 3 is 2.40 bits per heavy atom. The van der Waals surface area contributed by atoms with Gasteiger partial charge in [0.05, 0.1) is 0 Å². The molecule has 0 spiro atoms. The van der Waals surface area contributed by atoms with E-state index in [0.29, 0.717) is 6.42 Å². The van der Waals surface area contributed by atoms with Crippen LogP contribution in [0.2, 0.25) is 0 Å². The first kappa shape index (κ1) is 15.5. The van der Waals surface area contributed by atoms with Crippen molar-refractivity contribution in [1.29, 1.82) is 0 Å². The summed E-state index contributed by atoms with van der Waals surface area (Å²) in [6, 6.07) is 8.81. The number of benzene rings is 1. The van der Waals surface area contributed by atoms with E-state index in [1.165, 1.54) is 5.56 Å². The highest BCUT2D eigenvalue weighted by Gasteiger charge is 2.29. The van der Waals surface area contributed by atoms with Crippen LogP contribution in [-0.4, -0.2) is 36.0 Å². The third-order valence-corrected chi connectivity index (χ3v) is 4.57. The quantitative estimate of drug-likeness (QED) is 0.918. The van der Waals surface area contributed by atoms with Gasteiger partial charge in [0.15, 0.2) is 0 Å². The Balaban J connectivity index is 2.01. The number of carbonyl (C=O) groups excluding carboxylic acids is 1. The highest BCUT2D eigenvalue weighted by molar-refractivity contribution is 9.10. The molecule has 1 aliphatic heterocycles. The molecule has 0 bridgehead atoms. The minimum Gasteiger partial charge on any atom is -0.335 e.